The first kappa shape index (κ1) is 22.0. The third-order valence-corrected chi connectivity index (χ3v) is 6.91. The number of fused-ring (bicyclic) bond motifs is 1. The summed E-state index contributed by atoms with van der Waals surface area (Å²) in [4.78, 5) is 39.1. The van der Waals surface area contributed by atoms with Crippen molar-refractivity contribution in [2.24, 2.45) is 5.92 Å². The van der Waals surface area contributed by atoms with Crippen LogP contribution in [-0.2, 0) is 19.6 Å². The van der Waals surface area contributed by atoms with E-state index in [0.29, 0.717) is 42.0 Å². The van der Waals surface area contributed by atoms with Gasteiger partial charge < -0.3 is 10.6 Å². The standard InChI is InChI=1S/C22H24N4O5S/c1-32(30,31)25-12-4-5-16(13-25)21(28)23-17-10-8-15(9-11-17)22(29)26-14-20(27)24-18-6-2-3-7-19(18)26/h2-3,6-11,16H,4-5,12-14H2,1H3,(H,23,28)(H,24,27). The van der Waals surface area contributed by atoms with E-state index in [9.17, 15) is 22.8 Å². The summed E-state index contributed by atoms with van der Waals surface area (Å²) in [5.41, 5.74) is 2.10. The number of rotatable bonds is 4. The lowest BCUT2D eigenvalue weighted by molar-refractivity contribution is -0.121. The molecule has 2 aliphatic heterocycles. The van der Waals surface area contributed by atoms with E-state index in [4.69, 9.17) is 0 Å². The predicted molar refractivity (Wildman–Crippen MR) is 121 cm³/mol. The normalized spacial score (nSPS) is 19.1. The highest BCUT2D eigenvalue weighted by Gasteiger charge is 2.30. The maximum Gasteiger partial charge on any atom is 0.258 e. The van der Waals surface area contributed by atoms with E-state index in [1.807, 2.05) is 0 Å². The molecule has 0 radical (unpaired) electrons. The van der Waals surface area contributed by atoms with Crippen molar-refractivity contribution in [1.82, 2.24) is 4.31 Å². The quantitative estimate of drug-likeness (QED) is 0.729. The number of nitrogens with zero attached hydrogens (tertiary/aromatic N) is 2. The molecule has 10 heteroatoms. The number of amides is 3. The molecule has 168 valence electrons. The Kier molecular flexibility index (Phi) is 5.98. The fraction of sp³-hybridized carbons (Fsp3) is 0.318. The Balaban J connectivity index is 1.44. The molecular weight excluding hydrogens is 432 g/mol. The molecule has 2 aromatic rings. The van der Waals surface area contributed by atoms with Gasteiger partial charge in [0.1, 0.15) is 6.54 Å². The summed E-state index contributed by atoms with van der Waals surface area (Å²) >= 11 is 0. The lowest BCUT2D eigenvalue weighted by Crippen LogP contribution is -2.43. The molecule has 0 aliphatic carbocycles. The third-order valence-electron chi connectivity index (χ3n) is 5.64. The van der Waals surface area contributed by atoms with Crippen molar-refractivity contribution in [2.45, 2.75) is 12.8 Å². The molecule has 0 spiro atoms. The zero-order chi connectivity index (χ0) is 22.9. The summed E-state index contributed by atoms with van der Waals surface area (Å²) < 4.78 is 24.9. The minimum Gasteiger partial charge on any atom is -0.326 e. The molecule has 32 heavy (non-hydrogen) atoms. The second kappa shape index (κ2) is 8.71. The number of nitrogens with one attached hydrogen (secondary N) is 2. The first-order chi connectivity index (χ1) is 15.2. The highest BCUT2D eigenvalue weighted by Crippen LogP contribution is 2.30. The minimum atomic E-state index is -3.33. The van der Waals surface area contributed by atoms with Gasteiger partial charge in [0.2, 0.25) is 21.8 Å². The van der Waals surface area contributed by atoms with E-state index < -0.39 is 15.9 Å². The average molecular weight is 457 g/mol. The molecule has 1 fully saturated rings. The topological polar surface area (TPSA) is 116 Å². The van der Waals surface area contributed by atoms with Crippen LogP contribution < -0.4 is 15.5 Å². The number of carbonyl (C=O) groups excluding carboxylic acids is 3. The van der Waals surface area contributed by atoms with Crippen LogP contribution in [0.5, 0.6) is 0 Å². The van der Waals surface area contributed by atoms with Crippen molar-refractivity contribution < 1.29 is 22.8 Å². The molecule has 2 N–H and O–H groups in total. The smallest absolute Gasteiger partial charge is 0.258 e. The van der Waals surface area contributed by atoms with Crippen LogP contribution in [0, 0.1) is 5.92 Å². The summed E-state index contributed by atoms with van der Waals surface area (Å²) in [6.45, 7) is 0.515. The van der Waals surface area contributed by atoms with Gasteiger partial charge >= 0.3 is 0 Å². The summed E-state index contributed by atoms with van der Waals surface area (Å²) in [5.74, 6) is -1.26. The van der Waals surface area contributed by atoms with Gasteiger partial charge in [0, 0.05) is 24.3 Å². The maximum atomic E-state index is 13.0. The van der Waals surface area contributed by atoms with Crippen LogP contribution in [-0.4, -0.2) is 56.3 Å². The molecule has 0 bridgehead atoms. The molecule has 1 unspecified atom stereocenters. The van der Waals surface area contributed by atoms with Crippen molar-refractivity contribution >= 4 is 44.8 Å². The second-order valence-corrected chi connectivity index (χ2v) is 9.97. The number of sulfonamides is 1. The van der Waals surface area contributed by atoms with Crippen LogP contribution in [0.25, 0.3) is 0 Å². The van der Waals surface area contributed by atoms with Crippen LogP contribution in [0.1, 0.15) is 23.2 Å². The minimum absolute atomic E-state index is 0.0765. The average Bonchev–Trinajstić information content (AvgIpc) is 2.78. The van der Waals surface area contributed by atoms with Gasteiger partial charge in [-0.2, -0.15) is 0 Å². The molecule has 2 aliphatic rings. The van der Waals surface area contributed by atoms with E-state index in [0.717, 1.165) is 6.26 Å². The maximum absolute atomic E-state index is 13.0. The Bertz CT molecular complexity index is 1160. The Hall–Kier alpha value is -3.24. The summed E-state index contributed by atoms with van der Waals surface area (Å²) in [6, 6.07) is 13.5. The Morgan fingerprint density at radius 2 is 1.81 bits per heavy atom. The van der Waals surface area contributed by atoms with E-state index in [1.165, 1.54) is 9.21 Å². The summed E-state index contributed by atoms with van der Waals surface area (Å²) in [7, 11) is -3.33. The Labute approximate surface area is 186 Å². The monoisotopic (exact) mass is 456 g/mol. The second-order valence-electron chi connectivity index (χ2n) is 7.98. The highest BCUT2D eigenvalue weighted by atomic mass is 32.2. The van der Waals surface area contributed by atoms with Crippen molar-refractivity contribution in [1.29, 1.82) is 0 Å². The van der Waals surface area contributed by atoms with E-state index >= 15 is 0 Å². The van der Waals surface area contributed by atoms with Gasteiger partial charge in [0.25, 0.3) is 5.91 Å². The van der Waals surface area contributed by atoms with Crippen LogP contribution in [0.2, 0.25) is 0 Å². The molecule has 3 amide bonds. The number of piperidine rings is 1. The van der Waals surface area contributed by atoms with E-state index in [1.54, 1.807) is 48.5 Å². The lowest BCUT2D eigenvalue weighted by Gasteiger charge is -2.30. The van der Waals surface area contributed by atoms with Crippen LogP contribution in [0.15, 0.2) is 48.5 Å². The van der Waals surface area contributed by atoms with Gasteiger partial charge in [-0.1, -0.05) is 12.1 Å². The van der Waals surface area contributed by atoms with Crippen LogP contribution in [0.3, 0.4) is 0 Å². The van der Waals surface area contributed by atoms with Crippen molar-refractivity contribution in [3.05, 3.63) is 54.1 Å². The number of hydrogen-bond donors (Lipinski definition) is 2. The molecule has 9 nitrogen and oxygen atoms in total. The molecule has 1 atom stereocenters. The van der Waals surface area contributed by atoms with Crippen LogP contribution in [0.4, 0.5) is 17.1 Å². The van der Waals surface area contributed by atoms with Gasteiger partial charge in [-0.15, -0.1) is 0 Å². The van der Waals surface area contributed by atoms with E-state index in [-0.39, 0.29) is 30.8 Å². The molecule has 2 heterocycles. The number of hydrogen-bond acceptors (Lipinski definition) is 5. The molecule has 4 rings (SSSR count). The number of anilines is 3. The van der Waals surface area contributed by atoms with Crippen molar-refractivity contribution in [2.75, 3.05) is 41.4 Å². The van der Waals surface area contributed by atoms with Gasteiger partial charge in [-0.3, -0.25) is 19.3 Å². The molecular formula is C22H24N4O5S. The molecule has 1 saturated heterocycles. The Morgan fingerprint density at radius 1 is 1.09 bits per heavy atom. The molecule has 2 aromatic carbocycles. The fourth-order valence-corrected chi connectivity index (χ4v) is 4.88. The van der Waals surface area contributed by atoms with E-state index in [2.05, 4.69) is 10.6 Å². The van der Waals surface area contributed by atoms with Gasteiger partial charge in [-0.05, 0) is 49.2 Å². The first-order valence-electron chi connectivity index (χ1n) is 10.3. The zero-order valence-corrected chi connectivity index (χ0v) is 18.4. The summed E-state index contributed by atoms with van der Waals surface area (Å²) in [6.07, 6.45) is 2.39. The highest BCUT2D eigenvalue weighted by molar-refractivity contribution is 7.88. The number of benzene rings is 2. The third kappa shape index (κ3) is 4.66. The summed E-state index contributed by atoms with van der Waals surface area (Å²) in [5, 5.41) is 5.55. The fourth-order valence-electron chi connectivity index (χ4n) is 3.97. The number of carbonyl (C=O) groups is 3. The van der Waals surface area contributed by atoms with Gasteiger partial charge in [-0.25, -0.2) is 12.7 Å². The Morgan fingerprint density at radius 3 is 2.53 bits per heavy atom. The largest absolute Gasteiger partial charge is 0.326 e. The SMILES string of the molecule is CS(=O)(=O)N1CCCC(C(=O)Nc2ccc(C(=O)N3CC(=O)Nc4ccccc43)cc2)C1. The lowest BCUT2D eigenvalue weighted by atomic mass is 9.98. The molecule has 0 saturated carbocycles. The first-order valence-corrected chi connectivity index (χ1v) is 12.1. The van der Waals surface area contributed by atoms with Gasteiger partial charge in [0.15, 0.2) is 0 Å². The van der Waals surface area contributed by atoms with Crippen molar-refractivity contribution in [3.8, 4) is 0 Å². The number of para-hydroxylation sites is 2. The van der Waals surface area contributed by atoms with Crippen molar-refractivity contribution in [3.63, 3.8) is 0 Å². The zero-order valence-electron chi connectivity index (χ0n) is 17.6. The van der Waals surface area contributed by atoms with Crippen LogP contribution >= 0.6 is 0 Å². The predicted octanol–water partition coefficient (Wildman–Crippen LogP) is 1.90. The van der Waals surface area contributed by atoms with Gasteiger partial charge in [0.05, 0.1) is 23.5 Å². The molecule has 0 aromatic heterocycles.